The van der Waals surface area contributed by atoms with Crippen LogP contribution in [-0.4, -0.2) is 59.5 Å². The van der Waals surface area contributed by atoms with Crippen LogP contribution < -0.4 is 0 Å². The lowest BCUT2D eigenvalue weighted by atomic mass is 10.1. The summed E-state index contributed by atoms with van der Waals surface area (Å²) in [5.41, 5.74) is 0. The van der Waals surface area contributed by atoms with Gasteiger partial charge < -0.3 is 10.0 Å². The van der Waals surface area contributed by atoms with E-state index in [1.165, 1.54) is 19.3 Å². The highest BCUT2D eigenvalue weighted by Crippen LogP contribution is 2.11. The van der Waals surface area contributed by atoms with Crippen molar-refractivity contribution in [3.63, 3.8) is 0 Å². The molecule has 1 N–H and O–H groups in total. The molecule has 5 nitrogen and oxygen atoms in total. The van der Waals surface area contributed by atoms with E-state index in [0.717, 1.165) is 25.9 Å². The van der Waals surface area contributed by atoms with Gasteiger partial charge in [0, 0.05) is 19.6 Å². The van der Waals surface area contributed by atoms with Gasteiger partial charge in [0.25, 0.3) is 0 Å². The number of hydrogen-bond donors (Lipinski definition) is 1. The second-order valence-corrected chi connectivity index (χ2v) is 5.16. The van der Waals surface area contributed by atoms with E-state index in [9.17, 15) is 9.59 Å². The second-order valence-electron chi connectivity index (χ2n) is 5.16. The normalized spacial score (nSPS) is 17.1. The van der Waals surface area contributed by atoms with Gasteiger partial charge in [-0.25, -0.2) is 0 Å². The van der Waals surface area contributed by atoms with Crippen LogP contribution in [0.3, 0.4) is 0 Å². The van der Waals surface area contributed by atoms with Crippen LogP contribution in [0.2, 0.25) is 0 Å². The zero-order valence-electron chi connectivity index (χ0n) is 11.9. The predicted octanol–water partition coefficient (Wildman–Crippen LogP) is 1.58. The van der Waals surface area contributed by atoms with E-state index in [4.69, 9.17) is 5.11 Å². The molecule has 5 heteroatoms. The lowest BCUT2D eigenvalue weighted by Gasteiger charge is -2.28. The van der Waals surface area contributed by atoms with Crippen LogP contribution in [0.25, 0.3) is 0 Å². The minimum atomic E-state index is -0.808. The first-order chi connectivity index (χ1) is 9.13. The van der Waals surface area contributed by atoms with Gasteiger partial charge in [-0.2, -0.15) is 0 Å². The van der Waals surface area contributed by atoms with E-state index in [1.807, 2.05) is 16.7 Å². The molecular formula is C14H26N2O3. The van der Waals surface area contributed by atoms with Gasteiger partial charge >= 0.3 is 5.97 Å². The Hall–Kier alpha value is -1.10. The number of rotatable bonds is 6. The van der Waals surface area contributed by atoms with Crippen molar-refractivity contribution in [2.45, 2.75) is 45.4 Å². The van der Waals surface area contributed by atoms with Crippen molar-refractivity contribution >= 4 is 11.9 Å². The number of likely N-dealkylation sites (tertiary alicyclic amines) is 1. The highest BCUT2D eigenvalue weighted by molar-refractivity contribution is 5.78. The molecule has 0 radical (unpaired) electrons. The quantitative estimate of drug-likeness (QED) is 0.796. The monoisotopic (exact) mass is 270 g/mol. The first-order valence-electron chi connectivity index (χ1n) is 7.35. The first kappa shape index (κ1) is 16.0. The van der Waals surface area contributed by atoms with E-state index >= 15 is 0 Å². The minimum Gasteiger partial charge on any atom is -0.481 e. The van der Waals surface area contributed by atoms with Crippen molar-refractivity contribution in [2.75, 3.05) is 32.7 Å². The van der Waals surface area contributed by atoms with Crippen molar-refractivity contribution < 1.29 is 14.7 Å². The molecule has 0 atom stereocenters. The second kappa shape index (κ2) is 8.91. The minimum absolute atomic E-state index is 0.0983. The van der Waals surface area contributed by atoms with Crippen LogP contribution in [0.5, 0.6) is 0 Å². The molecule has 1 aliphatic heterocycles. The SMILES string of the molecule is CCN(CCC(=O)O)CC(=O)N1CCCCCCC1. The van der Waals surface area contributed by atoms with Crippen molar-refractivity contribution in [3.8, 4) is 0 Å². The third kappa shape index (κ3) is 6.57. The van der Waals surface area contributed by atoms with Crippen LogP contribution in [0.4, 0.5) is 0 Å². The number of amides is 1. The van der Waals surface area contributed by atoms with Gasteiger partial charge in [0.15, 0.2) is 0 Å². The summed E-state index contributed by atoms with van der Waals surface area (Å²) in [7, 11) is 0. The zero-order chi connectivity index (χ0) is 14.1. The molecule has 19 heavy (non-hydrogen) atoms. The van der Waals surface area contributed by atoms with Crippen LogP contribution in [-0.2, 0) is 9.59 Å². The highest BCUT2D eigenvalue weighted by atomic mass is 16.4. The Kier molecular flexibility index (Phi) is 7.48. The molecule has 0 aromatic rings. The number of likely N-dealkylation sites (N-methyl/N-ethyl adjacent to an activating group) is 1. The van der Waals surface area contributed by atoms with Crippen molar-refractivity contribution in [3.05, 3.63) is 0 Å². The Labute approximate surface area is 115 Å². The maximum absolute atomic E-state index is 12.2. The molecule has 1 heterocycles. The molecule has 0 aromatic carbocycles. The largest absolute Gasteiger partial charge is 0.481 e. The predicted molar refractivity (Wildman–Crippen MR) is 74.0 cm³/mol. The molecule has 1 saturated heterocycles. The molecule has 0 aliphatic carbocycles. The summed E-state index contributed by atoms with van der Waals surface area (Å²) in [6.45, 7) is 5.19. The molecular weight excluding hydrogens is 244 g/mol. The molecule has 0 spiro atoms. The van der Waals surface area contributed by atoms with Gasteiger partial charge in [0.1, 0.15) is 0 Å². The molecule has 1 fully saturated rings. The Morgan fingerprint density at radius 2 is 1.68 bits per heavy atom. The van der Waals surface area contributed by atoms with E-state index in [1.54, 1.807) is 0 Å². The van der Waals surface area contributed by atoms with Gasteiger partial charge in [-0.3, -0.25) is 14.5 Å². The lowest BCUT2D eigenvalue weighted by molar-refractivity contribution is -0.138. The van der Waals surface area contributed by atoms with Crippen LogP contribution in [0.1, 0.15) is 45.4 Å². The average Bonchev–Trinajstić information content (AvgIpc) is 2.33. The van der Waals surface area contributed by atoms with Crippen LogP contribution in [0.15, 0.2) is 0 Å². The number of carboxylic acids is 1. The maximum atomic E-state index is 12.2. The third-order valence-corrected chi connectivity index (χ3v) is 3.66. The third-order valence-electron chi connectivity index (χ3n) is 3.66. The fraction of sp³-hybridized carbons (Fsp3) is 0.857. The van der Waals surface area contributed by atoms with E-state index in [-0.39, 0.29) is 12.3 Å². The molecule has 0 unspecified atom stereocenters. The molecule has 0 aromatic heterocycles. The number of carbonyl (C=O) groups excluding carboxylic acids is 1. The summed E-state index contributed by atoms with van der Waals surface area (Å²) >= 11 is 0. The standard InChI is InChI=1S/C14H26N2O3/c1-2-15(11-8-14(18)19)12-13(17)16-9-6-4-3-5-7-10-16/h2-12H2,1H3,(H,18,19). The summed E-state index contributed by atoms with van der Waals surface area (Å²) in [6, 6.07) is 0. The summed E-state index contributed by atoms with van der Waals surface area (Å²) in [6.07, 6.45) is 5.98. The smallest absolute Gasteiger partial charge is 0.304 e. The number of hydrogen-bond acceptors (Lipinski definition) is 3. The Morgan fingerprint density at radius 1 is 1.11 bits per heavy atom. The summed E-state index contributed by atoms with van der Waals surface area (Å²) in [5.74, 6) is -0.661. The molecule has 110 valence electrons. The van der Waals surface area contributed by atoms with Crippen LogP contribution >= 0.6 is 0 Å². The van der Waals surface area contributed by atoms with Crippen LogP contribution in [0, 0.1) is 0 Å². The number of nitrogens with zero attached hydrogens (tertiary/aromatic N) is 2. The highest BCUT2D eigenvalue weighted by Gasteiger charge is 2.17. The van der Waals surface area contributed by atoms with E-state index in [0.29, 0.717) is 19.6 Å². The maximum Gasteiger partial charge on any atom is 0.304 e. The molecule has 1 amide bonds. The van der Waals surface area contributed by atoms with Gasteiger partial charge in [0.2, 0.25) is 5.91 Å². The van der Waals surface area contributed by atoms with Gasteiger partial charge in [-0.05, 0) is 19.4 Å². The van der Waals surface area contributed by atoms with Gasteiger partial charge in [0.05, 0.1) is 13.0 Å². The van der Waals surface area contributed by atoms with Gasteiger partial charge in [-0.15, -0.1) is 0 Å². The molecule has 0 bridgehead atoms. The fourth-order valence-electron chi connectivity index (χ4n) is 2.39. The fourth-order valence-corrected chi connectivity index (χ4v) is 2.39. The first-order valence-corrected chi connectivity index (χ1v) is 7.35. The molecule has 0 saturated carbocycles. The lowest BCUT2D eigenvalue weighted by Crippen LogP contribution is -2.42. The van der Waals surface area contributed by atoms with E-state index < -0.39 is 5.97 Å². The number of aliphatic carboxylic acids is 1. The topological polar surface area (TPSA) is 60.9 Å². The van der Waals surface area contributed by atoms with Crippen molar-refractivity contribution in [1.29, 1.82) is 0 Å². The zero-order valence-corrected chi connectivity index (χ0v) is 11.9. The van der Waals surface area contributed by atoms with E-state index in [2.05, 4.69) is 0 Å². The Balaban J connectivity index is 2.38. The molecule has 1 rings (SSSR count). The van der Waals surface area contributed by atoms with Gasteiger partial charge in [-0.1, -0.05) is 26.2 Å². The average molecular weight is 270 g/mol. The Morgan fingerprint density at radius 3 is 2.21 bits per heavy atom. The Bertz CT molecular complexity index is 286. The number of carboxylic acid groups (broad SMARTS) is 1. The van der Waals surface area contributed by atoms with Crippen molar-refractivity contribution in [1.82, 2.24) is 9.80 Å². The van der Waals surface area contributed by atoms with Crippen molar-refractivity contribution in [2.24, 2.45) is 0 Å². The summed E-state index contributed by atoms with van der Waals surface area (Å²) in [5, 5.41) is 8.69. The summed E-state index contributed by atoms with van der Waals surface area (Å²) < 4.78 is 0. The number of carbonyl (C=O) groups is 2. The molecule has 1 aliphatic rings. The summed E-state index contributed by atoms with van der Waals surface area (Å²) in [4.78, 5) is 26.6.